The van der Waals surface area contributed by atoms with E-state index in [4.69, 9.17) is 4.74 Å². The van der Waals surface area contributed by atoms with Crippen LogP contribution in [0, 0.1) is 5.82 Å². The Hall–Kier alpha value is -5.05. The number of carboxylic acid groups (broad SMARTS) is 1. The van der Waals surface area contributed by atoms with Crippen LogP contribution in [0.25, 0.3) is 28.2 Å². The van der Waals surface area contributed by atoms with Crippen molar-refractivity contribution < 1.29 is 23.8 Å². The van der Waals surface area contributed by atoms with E-state index in [1.54, 1.807) is 35.0 Å². The third-order valence-electron chi connectivity index (χ3n) is 6.95. The maximum Gasteiger partial charge on any atom is 0.407 e. The molecular weight excluding hydrogens is 499 g/mol. The first-order valence-corrected chi connectivity index (χ1v) is 12.4. The van der Waals surface area contributed by atoms with Gasteiger partial charge in [0, 0.05) is 30.3 Å². The van der Waals surface area contributed by atoms with Crippen LogP contribution in [0.3, 0.4) is 0 Å². The number of ether oxygens (including phenoxy) is 1. The molecule has 39 heavy (non-hydrogen) atoms. The van der Waals surface area contributed by atoms with E-state index in [1.165, 1.54) is 12.1 Å². The number of alkyl carbamates (subject to hydrolysis) is 1. The second-order valence-corrected chi connectivity index (χ2v) is 9.27. The molecule has 0 aliphatic heterocycles. The van der Waals surface area contributed by atoms with Crippen LogP contribution in [0.5, 0.6) is 0 Å². The number of hydrogen-bond acceptors (Lipinski definition) is 5. The van der Waals surface area contributed by atoms with Crippen molar-refractivity contribution in [2.45, 2.75) is 18.4 Å². The summed E-state index contributed by atoms with van der Waals surface area (Å²) in [4.78, 5) is 33.8. The van der Waals surface area contributed by atoms with E-state index in [2.05, 4.69) is 15.3 Å². The van der Waals surface area contributed by atoms with E-state index in [1.807, 2.05) is 48.5 Å². The minimum Gasteiger partial charge on any atom is -0.480 e. The van der Waals surface area contributed by atoms with Gasteiger partial charge in [0.25, 0.3) is 0 Å². The van der Waals surface area contributed by atoms with Gasteiger partial charge in [0.05, 0.1) is 11.4 Å². The van der Waals surface area contributed by atoms with Crippen LogP contribution in [0.1, 0.15) is 22.7 Å². The molecule has 2 aromatic heterocycles. The maximum atomic E-state index is 13.5. The summed E-state index contributed by atoms with van der Waals surface area (Å²) in [5, 5.41) is 12.5. The normalized spacial score (nSPS) is 13.1. The van der Waals surface area contributed by atoms with Gasteiger partial charge in [-0.3, -0.25) is 4.40 Å². The highest BCUT2D eigenvalue weighted by molar-refractivity contribution is 5.81. The number of halogens is 1. The monoisotopic (exact) mass is 522 g/mol. The van der Waals surface area contributed by atoms with Crippen LogP contribution in [0.2, 0.25) is 0 Å². The second-order valence-electron chi connectivity index (χ2n) is 9.27. The molecule has 1 unspecified atom stereocenters. The molecule has 194 valence electrons. The van der Waals surface area contributed by atoms with Crippen LogP contribution in [0.15, 0.2) is 91.3 Å². The Kier molecular flexibility index (Phi) is 6.24. The van der Waals surface area contributed by atoms with Crippen molar-refractivity contribution in [3.63, 3.8) is 0 Å². The number of aromatic nitrogens is 3. The van der Waals surface area contributed by atoms with E-state index < -0.39 is 23.9 Å². The van der Waals surface area contributed by atoms with Crippen molar-refractivity contribution in [2.24, 2.45) is 0 Å². The van der Waals surface area contributed by atoms with Gasteiger partial charge in [0.2, 0.25) is 5.78 Å². The number of aliphatic carboxylic acids is 1. The van der Waals surface area contributed by atoms with Crippen LogP contribution < -0.4 is 5.32 Å². The maximum absolute atomic E-state index is 13.5. The number of amides is 1. The lowest BCUT2D eigenvalue weighted by atomic mass is 9.98. The topological polar surface area (TPSA) is 106 Å². The molecule has 6 rings (SSSR count). The number of nitrogens with one attached hydrogen (secondary N) is 1. The number of benzene rings is 3. The van der Waals surface area contributed by atoms with Crippen molar-refractivity contribution in [2.75, 3.05) is 6.61 Å². The summed E-state index contributed by atoms with van der Waals surface area (Å²) in [6.07, 6.45) is 2.35. The van der Waals surface area contributed by atoms with E-state index in [0.29, 0.717) is 22.7 Å². The van der Waals surface area contributed by atoms with Crippen molar-refractivity contribution in [1.29, 1.82) is 0 Å². The first-order chi connectivity index (χ1) is 19.0. The molecule has 2 N–H and O–H groups in total. The summed E-state index contributed by atoms with van der Waals surface area (Å²) in [5.41, 5.74) is 5.87. The zero-order valence-corrected chi connectivity index (χ0v) is 20.6. The van der Waals surface area contributed by atoms with Gasteiger partial charge in [-0.15, -0.1) is 0 Å². The minimum atomic E-state index is -1.31. The summed E-state index contributed by atoms with van der Waals surface area (Å²) >= 11 is 0. The number of carbonyl (C=O) groups excluding carboxylic acids is 1. The fraction of sp³-hybridized carbons (Fsp3) is 0.133. The van der Waals surface area contributed by atoms with E-state index >= 15 is 0 Å². The van der Waals surface area contributed by atoms with Gasteiger partial charge >= 0.3 is 12.1 Å². The summed E-state index contributed by atoms with van der Waals surface area (Å²) in [6, 6.07) is 22.1. The largest absolute Gasteiger partial charge is 0.480 e. The van der Waals surface area contributed by atoms with E-state index in [9.17, 15) is 19.1 Å². The lowest BCUT2D eigenvalue weighted by molar-refractivity contribution is -0.139. The quantitative estimate of drug-likeness (QED) is 0.309. The Bertz CT molecular complexity index is 1650. The molecular formula is C30H23FN4O4. The second kappa shape index (κ2) is 10.0. The first-order valence-electron chi connectivity index (χ1n) is 12.4. The molecule has 3 aromatic carbocycles. The Morgan fingerprint density at radius 3 is 2.31 bits per heavy atom. The summed E-state index contributed by atoms with van der Waals surface area (Å²) < 4.78 is 20.8. The molecule has 5 aromatic rings. The van der Waals surface area contributed by atoms with Gasteiger partial charge < -0.3 is 15.2 Å². The molecule has 0 bridgehead atoms. The molecule has 8 nitrogen and oxygen atoms in total. The fourth-order valence-electron chi connectivity index (χ4n) is 5.14. The van der Waals surface area contributed by atoms with Crippen molar-refractivity contribution in [3.05, 3.63) is 114 Å². The van der Waals surface area contributed by atoms with Gasteiger partial charge in [0.1, 0.15) is 18.5 Å². The SMILES string of the molecule is O=C(NC(Cc1c(-c2ccc(F)cc2)nc2ncccn12)C(=O)O)OCC1c2ccccc2-c2ccccc21. The lowest BCUT2D eigenvalue weighted by Gasteiger charge is -2.18. The average Bonchev–Trinajstić information content (AvgIpc) is 3.47. The lowest BCUT2D eigenvalue weighted by Crippen LogP contribution is -2.43. The van der Waals surface area contributed by atoms with E-state index in [0.717, 1.165) is 22.3 Å². The number of nitrogens with zero attached hydrogens (tertiary/aromatic N) is 3. The first kappa shape index (κ1) is 24.3. The molecule has 1 amide bonds. The number of carboxylic acids is 1. The third kappa shape index (κ3) is 4.59. The van der Waals surface area contributed by atoms with Gasteiger partial charge in [0.15, 0.2) is 0 Å². The molecule has 0 saturated carbocycles. The highest BCUT2D eigenvalue weighted by Crippen LogP contribution is 2.44. The van der Waals surface area contributed by atoms with Crippen LogP contribution >= 0.6 is 0 Å². The predicted octanol–water partition coefficient (Wildman–Crippen LogP) is 5.07. The van der Waals surface area contributed by atoms with Crippen molar-refractivity contribution in [1.82, 2.24) is 19.7 Å². The van der Waals surface area contributed by atoms with Gasteiger partial charge in [-0.25, -0.2) is 23.9 Å². The average molecular weight is 523 g/mol. The minimum absolute atomic E-state index is 0.0621. The summed E-state index contributed by atoms with van der Waals surface area (Å²) in [7, 11) is 0. The fourth-order valence-corrected chi connectivity index (χ4v) is 5.14. The molecule has 1 atom stereocenters. The Morgan fingerprint density at radius 2 is 1.64 bits per heavy atom. The van der Waals surface area contributed by atoms with Crippen LogP contribution in [-0.4, -0.2) is 44.2 Å². The Labute approximate surface area is 222 Å². The third-order valence-corrected chi connectivity index (χ3v) is 6.95. The van der Waals surface area contributed by atoms with Gasteiger partial charge in [-0.1, -0.05) is 48.5 Å². The predicted molar refractivity (Wildman–Crippen MR) is 142 cm³/mol. The molecule has 9 heteroatoms. The number of imidazole rings is 1. The Balaban J connectivity index is 1.22. The zero-order chi connectivity index (χ0) is 26.9. The number of fused-ring (bicyclic) bond motifs is 4. The van der Waals surface area contributed by atoms with Crippen LogP contribution in [0.4, 0.5) is 9.18 Å². The smallest absolute Gasteiger partial charge is 0.407 e. The number of hydrogen-bond donors (Lipinski definition) is 2. The number of carbonyl (C=O) groups is 2. The molecule has 0 fully saturated rings. The molecule has 1 aliphatic rings. The van der Waals surface area contributed by atoms with Crippen molar-refractivity contribution >= 4 is 17.8 Å². The molecule has 2 heterocycles. The summed E-state index contributed by atoms with van der Waals surface area (Å²) in [5.74, 6) is -1.42. The van der Waals surface area contributed by atoms with E-state index in [-0.39, 0.29) is 18.9 Å². The van der Waals surface area contributed by atoms with Gasteiger partial charge in [-0.2, -0.15) is 0 Å². The molecule has 0 spiro atoms. The van der Waals surface area contributed by atoms with Crippen molar-refractivity contribution in [3.8, 4) is 22.4 Å². The highest BCUT2D eigenvalue weighted by atomic mass is 19.1. The molecule has 0 radical (unpaired) electrons. The zero-order valence-electron chi connectivity index (χ0n) is 20.6. The number of rotatable bonds is 7. The molecule has 0 saturated heterocycles. The summed E-state index contributed by atoms with van der Waals surface area (Å²) in [6.45, 7) is 0.0621. The van der Waals surface area contributed by atoms with Crippen LogP contribution in [-0.2, 0) is 16.0 Å². The standard InChI is InChI=1S/C30H23FN4O4/c31-19-12-10-18(11-13-19)27-26(35-15-5-14-32-29(35)34-27)16-25(28(36)37)33-30(38)39-17-24-22-8-3-1-6-20(22)21-7-2-4-9-23(21)24/h1-15,24-25H,16-17H2,(H,33,38)(H,36,37). The highest BCUT2D eigenvalue weighted by Gasteiger charge is 2.30. The van der Waals surface area contributed by atoms with Gasteiger partial charge in [-0.05, 0) is 52.6 Å². The molecule has 1 aliphatic carbocycles. The Morgan fingerprint density at radius 1 is 0.974 bits per heavy atom.